The molecule has 2 N–H and O–H groups in total. The van der Waals surface area contributed by atoms with Gasteiger partial charge in [-0.15, -0.1) is 0 Å². The van der Waals surface area contributed by atoms with Crippen molar-refractivity contribution in [1.29, 1.82) is 0 Å². The molecule has 0 radical (unpaired) electrons. The first-order valence-electron chi connectivity index (χ1n) is 4.17. The highest BCUT2D eigenvalue weighted by Gasteiger charge is 2.19. The first-order chi connectivity index (χ1) is 5.77. The fraction of sp³-hybridized carbons (Fsp3) is 0.625. The summed E-state index contributed by atoms with van der Waals surface area (Å²) in [5.41, 5.74) is 6.74. The first kappa shape index (κ1) is 7.61. The van der Waals surface area contributed by atoms with Crippen molar-refractivity contribution < 1.29 is 4.74 Å². The molecule has 1 aliphatic heterocycles. The molecule has 0 unspecified atom stereocenters. The van der Waals surface area contributed by atoms with E-state index in [9.17, 15) is 0 Å². The van der Waals surface area contributed by atoms with Gasteiger partial charge in [-0.25, -0.2) is 4.68 Å². The largest absolute Gasteiger partial charge is 0.384 e. The lowest BCUT2D eigenvalue weighted by Gasteiger charge is -2.09. The van der Waals surface area contributed by atoms with Crippen LogP contribution in [0.5, 0.6) is 0 Å². The lowest BCUT2D eigenvalue weighted by atomic mass is 10.3. The standard InChI is InChI=1S/C8H13N3O/c1-6-4-8(9)11(10-6)7-2-3-12-5-7/h4,7H,2-3,5,9H2,1H3/t7-/m0/s1. The number of aryl methyl sites for hydroxylation is 1. The fourth-order valence-electron chi connectivity index (χ4n) is 1.54. The Morgan fingerprint density at radius 2 is 2.58 bits per heavy atom. The van der Waals surface area contributed by atoms with Crippen LogP contribution in [-0.4, -0.2) is 23.0 Å². The number of hydrogen-bond acceptors (Lipinski definition) is 3. The number of ether oxygens (including phenoxy) is 1. The highest BCUT2D eigenvalue weighted by atomic mass is 16.5. The molecular formula is C8H13N3O. The lowest BCUT2D eigenvalue weighted by molar-refractivity contribution is 0.185. The minimum Gasteiger partial charge on any atom is -0.384 e. The summed E-state index contributed by atoms with van der Waals surface area (Å²) in [5, 5.41) is 4.30. The van der Waals surface area contributed by atoms with Crippen molar-refractivity contribution in [3.63, 3.8) is 0 Å². The van der Waals surface area contributed by atoms with Gasteiger partial charge in [0.05, 0.1) is 18.3 Å². The molecule has 12 heavy (non-hydrogen) atoms. The van der Waals surface area contributed by atoms with Gasteiger partial charge >= 0.3 is 0 Å². The maximum absolute atomic E-state index is 5.77. The SMILES string of the molecule is Cc1cc(N)n([C@H]2CCOC2)n1. The predicted molar refractivity (Wildman–Crippen MR) is 45.8 cm³/mol. The van der Waals surface area contributed by atoms with Crippen molar-refractivity contribution in [2.45, 2.75) is 19.4 Å². The summed E-state index contributed by atoms with van der Waals surface area (Å²) in [5.74, 6) is 0.739. The van der Waals surface area contributed by atoms with Gasteiger partial charge in [-0.1, -0.05) is 0 Å². The van der Waals surface area contributed by atoms with Crippen LogP contribution >= 0.6 is 0 Å². The molecule has 4 heteroatoms. The molecule has 66 valence electrons. The average Bonchev–Trinajstić information content (AvgIpc) is 2.58. The monoisotopic (exact) mass is 167 g/mol. The molecule has 1 aromatic heterocycles. The Morgan fingerprint density at radius 1 is 1.75 bits per heavy atom. The summed E-state index contributed by atoms with van der Waals surface area (Å²) in [6.07, 6.45) is 1.02. The molecule has 0 aliphatic carbocycles. The normalized spacial score (nSPS) is 23.2. The summed E-state index contributed by atoms with van der Waals surface area (Å²) in [6, 6.07) is 2.23. The van der Waals surface area contributed by atoms with Crippen LogP contribution in [0, 0.1) is 6.92 Å². The number of anilines is 1. The summed E-state index contributed by atoms with van der Waals surface area (Å²) >= 11 is 0. The van der Waals surface area contributed by atoms with E-state index in [0.717, 1.165) is 31.1 Å². The van der Waals surface area contributed by atoms with Crippen LogP contribution in [0.2, 0.25) is 0 Å². The van der Waals surface area contributed by atoms with Crippen LogP contribution in [0.25, 0.3) is 0 Å². The molecule has 2 rings (SSSR count). The first-order valence-corrected chi connectivity index (χ1v) is 4.17. The summed E-state index contributed by atoms with van der Waals surface area (Å²) in [7, 11) is 0. The third kappa shape index (κ3) is 1.18. The van der Waals surface area contributed by atoms with E-state index >= 15 is 0 Å². The molecule has 4 nitrogen and oxygen atoms in total. The Kier molecular flexibility index (Phi) is 1.77. The zero-order chi connectivity index (χ0) is 8.55. The van der Waals surface area contributed by atoms with E-state index in [1.165, 1.54) is 0 Å². The number of rotatable bonds is 1. The zero-order valence-electron chi connectivity index (χ0n) is 7.16. The maximum Gasteiger partial charge on any atom is 0.122 e. The molecule has 0 saturated carbocycles. The van der Waals surface area contributed by atoms with Gasteiger partial charge in [-0.3, -0.25) is 0 Å². The summed E-state index contributed by atoms with van der Waals surface area (Å²) < 4.78 is 7.12. The molecule has 1 aliphatic rings. The minimum atomic E-state index is 0.346. The van der Waals surface area contributed by atoms with Crippen molar-refractivity contribution in [2.24, 2.45) is 0 Å². The molecule has 1 atom stereocenters. The predicted octanol–water partition coefficient (Wildman–Crippen LogP) is 0.735. The second kappa shape index (κ2) is 2.79. The van der Waals surface area contributed by atoms with Crippen LogP contribution in [0.4, 0.5) is 5.82 Å². The van der Waals surface area contributed by atoms with E-state index in [-0.39, 0.29) is 0 Å². The summed E-state index contributed by atoms with van der Waals surface area (Å²) in [6.45, 7) is 3.51. The summed E-state index contributed by atoms with van der Waals surface area (Å²) in [4.78, 5) is 0. The van der Waals surface area contributed by atoms with Gasteiger partial charge < -0.3 is 10.5 Å². The third-order valence-electron chi connectivity index (χ3n) is 2.14. The molecule has 0 amide bonds. The topological polar surface area (TPSA) is 53.1 Å². The smallest absolute Gasteiger partial charge is 0.122 e. The molecule has 1 aromatic rings. The van der Waals surface area contributed by atoms with Crippen molar-refractivity contribution in [1.82, 2.24) is 9.78 Å². The second-order valence-electron chi connectivity index (χ2n) is 3.17. The molecule has 0 spiro atoms. The number of nitrogen functional groups attached to an aromatic ring is 1. The van der Waals surface area contributed by atoms with Gasteiger partial charge in [0.1, 0.15) is 5.82 Å². The Morgan fingerprint density at radius 3 is 3.08 bits per heavy atom. The molecule has 2 heterocycles. The number of nitrogens with two attached hydrogens (primary N) is 1. The highest BCUT2D eigenvalue weighted by Crippen LogP contribution is 2.21. The van der Waals surface area contributed by atoms with Gasteiger partial charge in [-0.2, -0.15) is 5.10 Å². The lowest BCUT2D eigenvalue weighted by Crippen LogP contribution is -2.12. The Balaban J connectivity index is 2.25. The maximum atomic E-state index is 5.77. The van der Waals surface area contributed by atoms with Gasteiger partial charge in [0, 0.05) is 12.7 Å². The number of aromatic nitrogens is 2. The van der Waals surface area contributed by atoms with Crippen LogP contribution in [0.1, 0.15) is 18.2 Å². The van der Waals surface area contributed by atoms with Gasteiger partial charge in [0.25, 0.3) is 0 Å². The van der Waals surface area contributed by atoms with Gasteiger partial charge in [-0.05, 0) is 13.3 Å². The quantitative estimate of drug-likeness (QED) is 0.671. The van der Waals surface area contributed by atoms with Crippen molar-refractivity contribution in [3.05, 3.63) is 11.8 Å². The van der Waals surface area contributed by atoms with E-state index in [0.29, 0.717) is 6.04 Å². The van der Waals surface area contributed by atoms with E-state index < -0.39 is 0 Å². The molecule has 0 aromatic carbocycles. The third-order valence-corrected chi connectivity index (χ3v) is 2.14. The van der Waals surface area contributed by atoms with Crippen LogP contribution in [-0.2, 0) is 4.74 Å². The number of hydrogen-bond donors (Lipinski definition) is 1. The van der Waals surface area contributed by atoms with Crippen molar-refractivity contribution in [3.8, 4) is 0 Å². The van der Waals surface area contributed by atoms with E-state index in [2.05, 4.69) is 5.10 Å². The highest BCUT2D eigenvalue weighted by molar-refractivity contribution is 5.30. The molecular weight excluding hydrogens is 154 g/mol. The van der Waals surface area contributed by atoms with Crippen molar-refractivity contribution >= 4 is 5.82 Å². The zero-order valence-corrected chi connectivity index (χ0v) is 7.16. The Hall–Kier alpha value is -1.03. The van der Waals surface area contributed by atoms with Crippen LogP contribution < -0.4 is 5.73 Å². The van der Waals surface area contributed by atoms with Gasteiger partial charge in [0.15, 0.2) is 0 Å². The van der Waals surface area contributed by atoms with E-state index in [1.807, 2.05) is 17.7 Å². The van der Waals surface area contributed by atoms with E-state index in [1.54, 1.807) is 0 Å². The van der Waals surface area contributed by atoms with Crippen molar-refractivity contribution in [2.75, 3.05) is 18.9 Å². The minimum absolute atomic E-state index is 0.346. The molecule has 1 saturated heterocycles. The Labute approximate surface area is 71.3 Å². The fourth-order valence-corrected chi connectivity index (χ4v) is 1.54. The number of nitrogens with zero attached hydrogens (tertiary/aromatic N) is 2. The van der Waals surface area contributed by atoms with Crippen LogP contribution in [0.3, 0.4) is 0 Å². The average molecular weight is 167 g/mol. The van der Waals surface area contributed by atoms with Gasteiger partial charge in [0.2, 0.25) is 0 Å². The molecule has 0 bridgehead atoms. The Bertz CT molecular complexity index is 276. The van der Waals surface area contributed by atoms with E-state index in [4.69, 9.17) is 10.5 Å². The van der Waals surface area contributed by atoms with Crippen LogP contribution in [0.15, 0.2) is 6.07 Å². The molecule has 1 fully saturated rings. The second-order valence-corrected chi connectivity index (χ2v) is 3.17.